The summed E-state index contributed by atoms with van der Waals surface area (Å²) < 4.78 is 7.71. The second-order valence-electron chi connectivity index (χ2n) is 8.14. The smallest absolute Gasteiger partial charge is 0.170 e. The lowest BCUT2D eigenvalue weighted by molar-refractivity contribution is 0.0365. The molecule has 2 fully saturated rings. The van der Waals surface area contributed by atoms with E-state index in [2.05, 4.69) is 54.0 Å². The molecule has 0 aliphatic carbocycles. The number of nitrogens with one attached hydrogen (secondary N) is 1. The van der Waals surface area contributed by atoms with Crippen LogP contribution >= 0.6 is 12.2 Å². The summed E-state index contributed by atoms with van der Waals surface area (Å²) >= 11 is 5.83. The minimum atomic E-state index is -0.0115. The molecule has 7 nitrogen and oxygen atoms in total. The highest BCUT2D eigenvalue weighted by atomic mass is 32.1. The Balaban J connectivity index is 1.43. The van der Waals surface area contributed by atoms with Gasteiger partial charge in [0, 0.05) is 62.3 Å². The molecule has 5 rings (SSSR count). The van der Waals surface area contributed by atoms with Gasteiger partial charge in [-0.3, -0.25) is 14.9 Å². The van der Waals surface area contributed by atoms with Crippen molar-refractivity contribution in [3.8, 4) is 5.69 Å². The van der Waals surface area contributed by atoms with Crippen LogP contribution in [0.15, 0.2) is 67.3 Å². The zero-order chi connectivity index (χ0) is 21.8. The second kappa shape index (κ2) is 9.77. The van der Waals surface area contributed by atoms with Gasteiger partial charge in [-0.25, -0.2) is 0 Å². The fraction of sp³-hybridized carbons (Fsp3) is 0.375. The Morgan fingerprint density at radius 3 is 2.62 bits per heavy atom. The average molecular weight is 449 g/mol. The molecule has 0 aromatic carbocycles. The fourth-order valence-corrected chi connectivity index (χ4v) is 4.96. The number of ether oxygens (including phenoxy) is 1. The van der Waals surface area contributed by atoms with E-state index in [1.165, 1.54) is 5.69 Å². The van der Waals surface area contributed by atoms with Gasteiger partial charge in [-0.05, 0) is 55.0 Å². The third kappa shape index (κ3) is 4.39. The predicted molar refractivity (Wildman–Crippen MR) is 128 cm³/mol. The van der Waals surface area contributed by atoms with Gasteiger partial charge in [0.1, 0.15) is 0 Å². The first-order valence-corrected chi connectivity index (χ1v) is 11.6. The van der Waals surface area contributed by atoms with E-state index in [1.54, 1.807) is 0 Å². The van der Waals surface area contributed by atoms with Gasteiger partial charge < -0.3 is 19.5 Å². The molecule has 32 heavy (non-hydrogen) atoms. The molecule has 0 spiro atoms. The maximum Gasteiger partial charge on any atom is 0.170 e. The number of pyridine rings is 2. The van der Waals surface area contributed by atoms with Crippen LogP contribution in [-0.4, -0.2) is 68.8 Å². The number of nitrogens with zero attached hydrogens (tertiary/aromatic N) is 5. The highest BCUT2D eigenvalue weighted by Crippen LogP contribution is 2.39. The molecule has 0 radical (unpaired) electrons. The molecule has 2 atom stereocenters. The average Bonchev–Trinajstić information content (AvgIpc) is 3.45. The van der Waals surface area contributed by atoms with Crippen LogP contribution in [0.25, 0.3) is 5.69 Å². The van der Waals surface area contributed by atoms with Crippen LogP contribution in [0.2, 0.25) is 0 Å². The van der Waals surface area contributed by atoms with E-state index >= 15 is 0 Å². The molecule has 2 saturated heterocycles. The Labute approximate surface area is 194 Å². The van der Waals surface area contributed by atoms with Crippen LogP contribution in [0, 0.1) is 0 Å². The van der Waals surface area contributed by atoms with E-state index in [0.717, 1.165) is 62.3 Å². The molecule has 0 unspecified atom stereocenters. The summed E-state index contributed by atoms with van der Waals surface area (Å²) in [7, 11) is 0. The number of aromatic nitrogens is 3. The monoisotopic (exact) mass is 448 g/mol. The van der Waals surface area contributed by atoms with Gasteiger partial charge in [-0.2, -0.15) is 0 Å². The summed E-state index contributed by atoms with van der Waals surface area (Å²) in [6.45, 7) is 5.61. The van der Waals surface area contributed by atoms with Gasteiger partial charge in [0.15, 0.2) is 5.11 Å². The van der Waals surface area contributed by atoms with Crippen molar-refractivity contribution < 1.29 is 4.74 Å². The topological polar surface area (TPSA) is 58.5 Å². The zero-order valence-electron chi connectivity index (χ0n) is 18.0. The lowest BCUT2D eigenvalue weighted by Gasteiger charge is -2.31. The van der Waals surface area contributed by atoms with Crippen molar-refractivity contribution >= 4 is 17.3 Å². The van der Waals surface area contributed by atoms with Gasteiger partial charge >= 0.3 is 0 Å². The molecule has 2 aliphatic heterocycles. The van der Waals surface area contributed by atoms with E-state index in [0.29, 0.717) is 0 Å². The Hall–Kier alpha value is -2.81. The summed E-state index contributed by atoms with van der Waals surface area (Å²) in [6.07, 6.45) is 8.65. The molecule has 3 aromatic rings. The summed E-state index contributed by atoms with van der Waals surface area (Å²) in [5.74, 6) is 0. The van der Waals surface area contributed by atoms with Crippen molar-refractivity contribution in [3.63, 3.8) is 0 Å². The molecule has 5 heterocycles. The van der Waals surface area contributed by atoms with Crippen molar-refractivity contribution in [2.24, 2.45) is 0 Å². The molecule has 8 heteroatoms. The zero-order valence-corrected chi connectivity index (χ0v) is 18.8. The summed E-state index contributed by atoms with van der Waals surface area (Å²) in [4.78, 5) is 13.6. The normalized spacial score (nSPS) is 21.6. The number of rotatable bonds is 7. The van der Waals surface area contributed by atoms with E-state index in [9.17, 15) is 0 Å². The fourth-order valence-electron chi connectivity index (χ4n) is 4.63. The first-order chi connectivity index (χ1) is 15.8. The highest BCUT2D eigenvalue weighted by molar-refractivity contribution is 7.80. The van der Waals surface area contributed by atoms with E-state index in [1.807, 2.05) is 42.9 Å². The first kappa shape index (κ1) is 21.1. The maximum absolute atomic E-state index is 5.83. The highest BCUT2D eigenvalue weighted by Gasteiger charge is 2.41. The Morgan fingerprint density at radius 1 is 1.00 bits per heavy atom. The molecule has 0 bridgehead atoms. The molecule has 0 amide bonds. The number of morpholine rings is 1. The molecular formula is C24H28N6OS. The van der Waals surface area contributed by atoms with Crippen LogP contribution in [0.1, 0.15) is 29.9 Å². The van der Waals surface area contributed by atoms with Crippen molar-refractivity contribution in [3.05, 3.63) is 78.6 Å². The molecule has 0 saturated carbocycles. The standard InChI is InChI=1S/C24H28N6OS/c32-24-27-22(20-5-1-2-9-26-20)23(30(24)14-4-12-28-15-17-31-18-16-28)21-6-3-13-29(21)19-7-10-25-11-8-19/h1-3,5-11,13,22-23H,4,12,14-18H2,(H,27,32)/t22-,23+/m1/s1. The van der Waals surface area contributed by atoms with Crippen LogP contribution < -0.4 is 5.32 Å². The quantitative estimate of drug-likeness (QED) is 0.558. The van der Waals surface area contributed by atoms with Crippen LogP contribution in [0.3, 0.4) is 0 Å². The van der Waals surface area contributed by atoms with Gasteiger partial charge in [-0.15, -0.1) is 0 Å². The largest absolute Gasteiger partial charge is 0.379 e. The van der Waals surface area contributed by atoms with Gasteiger partial charge in [0.05, 0.1) is 31.0 Å². The summed E-state index contributed by atoms with van der Waals surface area (Å²) in [5.41, 5.74) is 3.27. The third-order valence-corrected chi connectivity index (χ3v) is 6.55. The predicted octanol–water partition coefficient (Wildman–Crippen LogP) is 2.96. The molecular weight excluding hydrogens is 420 g/mol. The minimum Gasteiger partial charge on any atom is -0.379 e. The molecule has 2 aliphatic rings. The van der Waals surface area contributed by atoms with Crippen LogP contribution in [0.5, 0.6) is 0 Å². The molecule has 1 N–H and O–H groups in total. The van der Waals surface area contributed by atoms with E-state index < -0.39 is 0 Å². The Bertz CT molecular complexity index is 1020. The van der Waals surface area contributed by atoms with Crippen molar-refractivity contribution in [2.75, 3.05) is 39.4 Å². The summed E-state index contributed by atoms with van der Waals surface area (Å²) in [5, 5.41) is 4.35. The van der Waals surface area contributed by atoms with Gasteiger partial charge in [-0.1, -0.05) is 6.07 Å². The van der Waals surface area contributed by atoms with E-state index in [4.69, 9.17) is 17.0 Å². The second-order valence-corrected chi connectivity index (χ2v) is 8.52. The van der Waals surface area contributed by atoms with Crippen molar-refractivity contribution in [1.82, 2.24) is 29.7 Å². The van der Waals surface area contributed by atoms with Gasteiger partial charge in [0.2, 0.25) is 0 Å². The third-order valence-electron chi connectivity index (χ3n) is 6.20. The maximum atomic E-state index is 5.83. The molecule has 166 valence electrons. The lowest BCUT2D eigenvalue weighted by atomic mass is 10.0. The SMILES string of the molecule is S=C1N[C@H](c2ccccn2)[C@H](c2cccn2-c2ccncc2)N1CCCN1CCOCC1. The Morgan fingerprint density at radius 2 is 1.84 bits per heavy atom. The van der Waals surface area contributed by atoms with Gasteiger partial charge in [0.25, 0.3) is 0 Å². The van der Waals surface area contributed by atoms with E-state index in [-0.39, 0.29) is 12.1 Å². The van der Waals surface area contributed by atoms with Crippen LogP contribution in [-0.2, 0) is 4.74 Å². The summed E-state index contributed by atoms with van der Waals surface area (Å²) in [6, 6.07) is 14.4. The molecule has 3 aromatic heterocycles. The first-order valence-electron chi connectivity index (χ1n) is 11.2. The number of hydrogen-bond acceptors (Lipinski definition) is 5. The number of thiocarbonyl (C=S) groups is 1. The minimum absolute atomic E-state index is 0.0115. The van der Waals surface area contributed by atoms with Crippen molar-refractivity contribution in [2.45, 2.75) is 18.5 Å². The number of hydrogen-bond donors (Lipinski definition) is 1. The van der Waals surface area contributed by atoms with Crippen molar-refractivity contribution in [1.29, 1.82) is 0 Å². The van der Waals surface area contributed by atoms with Crippen LogP contribution in [0.4, 0.5) is 0 Å². The Kier molecular flexibility index (Phi) is 6.43. The lowest BCUT2D eigenvalue weighted by Crippen LogP contribution is -2.39.